The summed E-state index contributed by atoms with van der Waals surface area (Å²) in [5.41, 5.74) is 4.04. The number of hydrogen-bond acceptors (Lipinski definition) is 4. The second kappa shape index (κ2) is 7.37. The number of nitrogens with zero attached hydrogens (tertiary/aromatic N) is 1. The Labute approximate surface area is 172 Å². The highest BCUT2D eigenvalue weighted by molar-refractivity contribution is 7.92. The number of carbonyl (C=O) groups is 1. The minimum Gasteiger partial charge on any atom is -0.476 e. The van der Waals surface area contributed by atoms with Gasteiger partial charge in [-0.15, -0.1) is 0 Å². The molecule has 7 heteroatoms. The van der Waals surface area contributed by atoms with Gasteiger partial charge in [0.05, 0.1) is 18.5 Å². The molecule has 2 aromatic carbocycles. The highest BCUT2D eigenvalue weighted by atomic mass is 32.2. The lowest BCUT2D eigenvalue weighted by Gasteiger charge is -2.35. The number of nitrogens with one attached hydrogen (secondary N) is 1. The van der Waals surface area contributed by atoms with Crippen LogP contribution in [0.4, 0.5) is 11.4 Å². The Bertz CT molecular complexity index is 1030. The van der Waals surface area contributed by atoms with Gasteiger partial charge in [-0.1, -0.05) is 32.9 Å². The number of rotatable bonds is 3. The van der Waals surface area contributed by atoms with E-state index in [9.17, 15) is 13.2 Å². The van der Waals surface area contributed by atoms with Crippen LogP contribution in [0.1, 0.15) is 37.5 Å². The molecule has 0 aromatic heterocycles. The highest BCUT2D eigenvalue weighted by Gasteiger charge is 2.36. The molecule has 1 aliphatic heterocycles. The maximum Gasteiger partial charge on any atom is 0.267 e. The first kappa shape index (κ1) is 21.2. The van der Waals surface area contributed by atoms with Gasteiger partial charge in [-0.2, -0.15) is 0 Å². The van der Waals surface area contributed by atoms with Crippen molar-refractivity contribution in [3.63, 3.8) is 0 Å². The van der Waals surface area contributed by atoms with Gasteiger partial charge >= 0.3 is 0 Å². The molecule has 0 saturated heterocycles. The van der Waals surface area contributed by atoms with E-state index in [1.54, 1.807) is 6.07 Å². The lowest BCUT2D eigenvalue weighted by molar-refractivity contribution is -0.122. The van der Waals surface area contributed by atoms with Crippen LogP contribution in [0.3, 0.4) is 0 Å². The van der Waals surface area contributed by atoms with E-state index in [-0.39, 0.29) is 17.9 Å². The second-order valence-electron chi connectivity index (χ2n) is 8.70. The molecule has 0 saturated carbocycles. The summed E-state index contributed by atoms with van der Waals surface area (Å²) in [7, 11) is -3.58. The van der Waals surface area contributed by atoms with Crippen LogP contribution in [0.25, 0.3) is 0 Å². The second-order valence-corrected chi connectivity index (χ2v) is 10.6. The number of fused-ring (bicyclic) bond motifs is 1. The summed E-state index contributed by atoms with van der Waals surface area (Å²) in [5, 5.41) is 2.85. The standard InChI is InChI=1S/C22H28N2O4S/c1-14-9-15(2)11-17(10-14)23-21(25)20-13-24(29(6,26)27)18-12-16(22(3,4)5)7-8-19(18)28-20/h7-12,20H,13H2,1-6H3,(H,23,25)/t20-/m0/s1. The van der Waals surface area contributed by atoms with Gasteiger partial charge in [0.1, 0.15) is 5.75 Å². The van der Waals surface area contributed by atoms with Crippen LogP contribution in [-0.2, 0) is 20.2 Å². The average Bonchev–Trinajstić information content (AvgIpc) is 2.57. The van der Waals surface area contributed by atoms with E-state index >= 15 is 0 Å². The SMILES string of the molecule is Cc1cc(C)cc(NC(=O)[C@@H]2CN(S(C)(=O)=O)c3cc(C(C)(C)C)ccc3O2)c1. The van der Waals surface area contributed by atoms with E-state index in [1.807, 2.05) is 44.2 Å². The molecule has 1 amide bonds. The van der Waals surface area contributed by atoms with Gasteiger partial charge in [-0.25, -0.2) is 8.42 Å². The zero-order valence-corrected chi connectivity index (χ0v) is 18.6. The Morgan fingerprint density at radius 2 is 1.72 bits per heavy atom. The van der Waals surface area contributed by atoms with Crippen molar-refractivity contribution in [2.75, 3.05) is 22.4 Å². The molecule has 0 aliphatic carbocycles. The molecule has 1 heterocycles. The van der Waals surface area contributed by atoms with Crippen molar-refractivity contribution < 1.29 is 17.9 Å². The summed E-state index contributed by atoms with van der Waals surface area (Å²) in [6.45, 7) is 10.0. The summed E-state index contributed by atoms with van der Waals surface area (Å²) >= 11 is 0. The molecule has 0 spiro atoms. The Balaban J connectivity index is 1.93. The number of amides is 1. The molecule has 0 unspecified atom stereocenters. The molecule has 156 valence electrons. The zero-order chi connectivity index (χ0) is 21.6. The molecule has 29 heavy (non-hydrogen) atoms. The van der Waals surface area contributed by atoms with E-state index in [0.717, 1.165) is 22.9 Å². The maximum absolute atomic E-state index is 12.8. The van der Waals surface area contributed by atoms with Crippen molar-refractivity contribution in [1.82, 2.24) is 0 Å². The summed E-state index contributed by atoms with van der Waals surface area (Å²) in [6, 6.07) is 11.2. The Morgan fingerprint density at radius 1 is 1.10 bits per heavy atom. The van der Waals surface area contributed by atoms with Crippen LogP contribution < -0.4 is 14.4 Å². The van der Waals surface area contributed by atoms with Crippen molar-refractivity contribution in [2.45, 2.75) is 46.1 Å². The molecular weight excluding hydrogens is 388 g/mol. The van der Waals surface area contributed by atoms with Crippen LogP contribution >= 0.6 is 0 Å². The molecule has 0 bridgehead atoms. The van der Waals surface area contributed by atoms with Crippen LogP contribution in [-0.4, -0.2) is 33.2 Å². The molecular formula is C22H28N2O4S. The van der Waals surface area contributed by atoms with Crippen molar-refractivity contribution in [2.24, 2.45) is 0 Å². The lowest BCUT2D eigenvalue weighted by Crippen LogP contribution is -2.48. The van der Waals surface area contributed by atoms with Crippen LogP contribution in [0, 0.1) is 13.8 Å². The first-order valence-electron chi connectivity index (χ1n) is 9.52. The monoisotopic (exact) mass is 416 g/mol. The molecule has 6 nitrogen and oxygen atoms in total. The highest BCUT2D eigenvalue weighted by Crippen LogP contribution is 2.38. The number of ether oxygens (including phenoxy) is 1. The number of hydrogen-bond donors (Lipinski definition) is 1. The smallest absolute Gasteiger partial charge is 0.267 e. The molecule has 2 aromatic rings. The lowest BCUT2D eigenvalue weighted by atomic mass is 9.86. The molecule has 1 atom stereocenters. The average molecular weight is 417 g/mol. The minimum atomic E-state index is -3.58. The third-order valence-corrected chi connectivity index (χ3v) is 6.02. The topological polar surface area (TPSA) is 75.7 Å². The number of aryl methyl sites for hydroxylation is 2. The fraction of sp³-hybridized carbons (Fsp3) is 0.409. The minimum absolute atomic E-state index is 0.0734. The normalized spacial score (nSPS) is 16.8. The van der Waals surface area contributed by atoms with E-state index in [4.69, 9.17) is 4.74 Å². The molecule has 0 radical (unpaired) electrons. The third-order valence-electron chi connectivity index (χ3n) is 4.88. The van der Waals surface area contributed by atoms with Gasteiger partial charge in [-0.05, 0) is 60.2 Å². The predicted octanol–water partition coefficient (Wildman–Crippen LogP) is 3.77. The largest absolute Gasteiger partial charge is 0.476 e. The van der Waals surface area contributed by atoms with Gasteiger partial charge < -0.3 is 10.1 Å². The van der Waals surface area contributed by atoms with Gasteiger partial charge in [0.15, 0.2) is 6.10 Å². The predicted molar refractivity (Wildman–Crippen MR) is 116 cm³/mol. The zero-order valence-electron chi connectivity index (χ0n) is 17.7. The number of sulfonamides is 1. The van der Waals surface area contributed by atoms with E-state index in [0.29, 0.717) is 17.1 Å². The third kappa shape index (κ3) is 4.72. The number of anilines is 2. The summed E-state index contributed by atoms with van der Waals surface area (Å²) in [5.74, 6) is 0.00412. The summed E-state index contributed by atoms with van der Waals surface area (Å²) < 4.78 is 32.1. The van der Waals surface area contributed by atoms with Crippen molar-refractivity contribution >= 4 is 27.3 Å². The Morgan fingerprint density at radius 3 is 2.28 bits per heavy atom. The van der Waals surface area contributed by atoms with Crippen molar-refractivity contribution in [1.29, 1.82) is 0 Å². The van der Waals surface area contributed by atoms with Crippen molar-refractivity contribution in [3.8, 4) is 5.75 Å². The quantitative estimate of drug-likeness (QED) is 0.826. The molecule has 3 rings (SSSR count). The van der Waals surface area contributed by atoms with E-state index in [1.165, 1.54) is 4.31 Å². The van der Waals surface area contributed by atoms with Gasteiger partial charge in [0, 0.05) is 5.69 Å². The van der Waals surface area contributed by atoms with Crippen LogP contribution in [0.5, 0.6) is 5.75 Å². The van der Waals surface area contributed by atoms with Gasteiger partial charge in [-0.3, -0.25) is 9.10 Å². The summed E-state index contributed by atoms with van der Waals surface area (Å²) in [4.78, 5) is 12.8. The van der Waals surface area contributed by atoms with Crippen molar-refractivity contribution in [3.05, 3.63) is 53.1 Å². The number of carbonyl (C=O) groups excluding carboxylic acids is 1. The fourth-order valence-corrected chi connectivity index (χ4v) is 4.34. The van der Waals surface area contributed by atoms with Crippen LogP contribution in [0.15, 0.2) is 36.4 Å². The number of benzene rings is 2. The first-order chi connectivity index (χ1) is 13.3. The van der Waals surface area contributed by atoms with Crippen LogP contribution in [0.2, 0.25) is 0 Å². The van der Waals surface area contributed by atoms with E-state index in [2.05, 4.69) is 26.1 Å². The Hall–Kier alpha value is -2.54. The van der Waals surface area contributed by atoms with E-state index < -0.39 is 16.1 Å². The Kier molecular flexibility index (Phi) is 5.38. The summed E-state index contributed by atoms with van der Waals surface area (Å²) in [6.07, 6.45) is 0.198. The first-order valence-corrected chi connectivity index (χ1v) is 11.4. The molecule has 0 fully saturated rings. The molecule has 1 aliphatic rings. The van der Waals surface area contributed by atoms with Gasteiger partial charge in [0.2, 0.25) is 10.0 Å². The molecule has 1 N–H and O–H groups in total. The fourth-order valence-electron chi connectivity index (χ4n) is 3.44. The maximum atomic E-state index is 12.8. The van der Waals surface area contributed by atoms with Gasteiger partial charge in [0.25, 0.3) is 5.91 Å².